The first-order chi connectivity index (χ1) is 7.85. The predicted octanol–water partition coefficient (Wildman–Crippen LogP) is 3.79. The standard InChI is InChI=1S/C12H21BO3/c1-4-7-10-14-13(15-11-8-5-2)16-12-9-6-3/h7-12H,4-6H2,1-3H3. The lowest BCUT2D eigenvalue weighted by Gasteiger charge is -2.08. The third-order valence-corrected chi connectivity index (χ3v) is 1.56. The van der Waals surface area contributed by atoms with Crippen molar-refractivity contribution in [3.8, 4) is 0 Å². The van der Waals surface area contributed by atoms with Gasteiger partial charge in [0.25, 0.3) is 0 Å². The zero-order chi connectivity index (χ0) is 12.1. The molecule has 0 fully saturated rings. The summed E-state index contributed by atoms with van der Waals surface area (Å²) in [6.07, 6.45) is 13.2. The molecule has 0 aliphatic heterocycles. The first-order valence-corrected chi connectivity index (χ1v) is 5.76. The molecule has 0 spiro atoms. The monoisotopic (exact) mass is 224 g/mol. The summed E-state index contributed by atoms with van der Waals surface area (Å²) in [6.45, 7) is 6.10. The second-order valence-corrected chi connectivity index (χ2v) is 3.04. The zero-order valence-electron chi connectivity index (χ0n) is 10.4. The molecular weight excluding hydrogens is 203 g/mol. The Kier molecular flexibility index (Phi) is 10.8. The van der Waals surface area contributed by atoms with Gasteiger partial charge in [0, 0.05) is 0 Å². The van der Waals surface area contributed by atoms with Crippen LogP contribution in [-0.4, -0.2) is 7.32 Å². The Bertz CT molecular complexity index is 186. The van der Waals surface area contributed by atoms with Crippen molar-refractivity contribution < 1.29 is 14.0 Å². The van der Waals surface area contributed by atoms with Gasteiger partial charge in [-0.25, -0.2) is 0 Å². The van der Waals surface area contributed by atoms with Crippen molar-refractivity contribution >= 4 is 7.32 Å². The molecule has 4 heteroatoms. The van der Waals surface area contributed by atoms with Crippen LogP contribution < -0.4 is 0 Å². The van der Waals surface area contributed by atoms with E-state index in [1.54, 1.807) is 18.8 Å². The maximum atomic E-state index is 5.25. The minimum Gasteiger partial charge on any atom is -0.497 e. The van der Waals surface area contributed by atoms with E-state index in [9.17, 15) is 0 Å². The van der Waals surface area contributed by atoms with Crippen LogP contribution in [0.1, 0.15) is 40.0 Å². The van der Waals surface area contributed by atoms with Crippen molar-refractivity contribution in [1.29, 1.82) is 0 Å². The minimum atomic E-state index is -0.714. The number of hydrogen-bond donors (Lipinski definition) is 0. The zero-order valence-corrected chi connectivity index (χ0v) is 10.4. The summed E-state index contributed by atoms with van der Waals surface area (Å²) >= 11 is 0. The van der Waals surface area contributed by atoms with Crippen molar-refractivity contribution in [1.82, 2.24) is 0 Å². The van der Waals surface area contributed by atoms with E-state index in [2.05, 4.69) is 0 Å². The van der Waals surface area contributed by atoms with Gasteiger partial charge in [-0.3, -0.25) is 0 Å². The van der Waals surface area contributed by atoms with Crippen molar-refractivity contribution in [2.24, 2.45) is 0 Å². The van der Waals surface area contributed by atoms with E-state index in [-0.39, 0.29) is 0 Å². The van der Waals surface area contributed by atoms with Gasteiger partial charge in [0.2, 0.25) is 0 Å². The molecule has 0 radical (unpaired) electrons. The topological polar surface area (TPSA) is 27.7 Å². The van der Waals surface area contributed by atoms with Crippen LogP contribution in [-0.2, 0) is 14.0 Å². The highest BCUT2D eigenvalue weighted by Crippen LogP contribution is 1.98. The molecule has 90 valence electrons. The summed E-state index contributed by atoms with van der Waals surface area (Å²) in [6, 6.07) is 0. The first-order valence-electron chi connectivity index (χ1n) is 5.76. The van der Waals surface area contributed by atoms with Crippen LogP contribution in [0, 0.1) is 0 Å². The average Bonchev–Trinajstić information content (AvgIpc) is 2.29. The molecule has 0 N–H and O–H groups in total. The van der Waals surface area contributed by atoms with E-state index in [4.69, 9.17) is 14.0 Å². The Hall–Kier alpha value is -1.32. The Morgan fingerprint density at radius 3 is 1.25 bits per heavy atom. The lowest BCUT2D eigenvalue weighted by atomic mass is 10.2. The van der Waals surface area contributed by atoms with Crippen molar-refractivity contribution in [3.05, 3.63) is 37.0 Å². The molecule has 0 rings (SSSR count). The summed E-state index contributed by atoms with van der Waals surface area (Å²) in [4.78, 5) is 0. The predicted molar refractivity (Wildman–Crippen MR) is 67.3 cm³/mol. The lowest BCUT2D eigenvalue weighted by Crippen LogP contribution is -2.20. The Morgan fingerprint density at radius 2 is 1.00 bits per heavy atom. The molecule has 0 atom stereocenters. The van der Waals surface area contributed by atoms with Crippen LogP contribution in [0.15, 0.2) is 37.0 Å². The van der Waals surface area contributed by atoms with Gasteiger partial charge in [0.05, 0.1) is 18.8 Å². The Labute approximate surface area is 99.0 Å². The molecule has 0 aromatic rings. The first kappa shape index (κ1) is 14.7. The fraction of sp³-hybridized carbons (Fsp3) is 0.500. The van der Waals surface area contributed by atoms with Crippen LogP contribution in [0.25, 0.3) is 0 Å². The summed E-state index contributed by atoms with van der Waals surface area (Å²) in [5.74, 6) is 0. The summed E-state index contributed by atoms with van der Waals surface area (Å²) in [5.41, 5.74) is 0. The molecule has 3 nitrogen and oxygen atoms in total. The second-order valence-electron chi connectivity index (χ2n) is 3.04. The fourth-order valence-corrected chi connectivity index (χ4v) is 0.744. The number of rotatable bonds is 9. The second kappa shape index (κ2) is 11.8. The number of hydrogen-bond acceptors (Lipinski definition) is 3. The molecule has 0 unspecified atom stereocenters. The van der Waals surface area contributed by atoms with E-state index < -0.39 is 7.32 Å². The molecule has 0 aliphatic rings. The number of allylic oxidation sites excluding steroid dienone is 3. The van der Waals surface area contributed by atoms with Crippen LogP contribution in [0.4, 0.5) is 0 Å². The molecular formula is C12H21BO3. The largest absolute Gasteiger partial charge is 0.862 e. The Balaban J connectivity index is 3.99. The van der Waals surface area contributed by atoms with E-state index >= 15 is 0 Å². The highest BCUT2D eigenvalue weighted by Gasteiger charge is 2.23. The van der Waals surface area contributed by atoms with Crippen LogP contribution >= 0.6 is 0 Å². The highest BCUT2D eigenvalue weighted by molar-refractivity contribution is 6.37. The fourth-order valence-electron chi connectivity index (χ4n) is 0.744. The van der Waals surface area contributed by atoms with Crippen LogP contribution in [0.5, 0.6) is 0 Å². The smallest absolute Gasteiger partial charge is 0.497 e. The Morgan fingerprint density at radius 1 is 0.688 bits per heavy atom. The van der Waals surface area contributed by atoms with Gasteiger partial charge in [-0.05, 0) is 19.3 Å². The molecule has 0 aliphatic carbocycles. The van der Waals surface area contributed by atoms with Crippen molar-refractivity contribution in [3.63, 3.8) is 0 Å². The molecule has 0 aromatic heterocycles. The molecule has 0 saturated heterocycles. The van der Waals surface area contributed by atoms with Gasteiger partial charge in [-0.15, -0.1) is 0 Å². The summed E-state index contributed by atoms with van der Waals surface area (Å²) < 4.78 is 15.7. The van der Waals surface area contributed by atoms with Gasteiger partial charge < -0.3 is 14.0 Å². The average molecular weight is 224 g/mol. The maximum Gasteiger partial charge on any atom is 0.862 e. The van der Waals surface area contributed by atoms with Gasteiger partial charge in [-0.1, -0.05) is 39.0 Å². The molecule has 0 aromatic carbocycles. The highest BCUT2D eigenvalue weighted by atomic mass is 16.7. The van der Waals surface area contributed by atoms with E-state index in [0.29, 0.717) is 0 Å². The van der Waals surface area contributed by atoms with E-state index in [1.165, 1.54) is 0 Å². The van der Waals surface area contributed by atoms with Crippen LogP contribution in [0.2, 0.25) is 0 Å². The molecule has 0 amide bonds. The minimum absolute atomic E-state index is 0.714. The molecule has 0 bridgehead atoms. The third-order valence-electron chi connectivity index (χ3n) is 1.56. The molecule has 0 saturated carbocycles. The quantitative estimate of drug-likeness (QED) is 0.440. The van der Waals surface area contributed by atoms with Crippen molar-refractivity contribution in [2.75, 3.05) is 0 Å². The van der Waals surface area contributed by atoms with Gasteiger partial charge in [0.15, 0.2) is 0 Å². The van der Waals surface area contributed by atoms with Gasteiger partial charge in [-0.2, -0.15) is 0 Å². The summed E-state index contributed by atoms with van der Waals surface area (Å²) in [7, 11) is -0.714. The van der Waals surface area contributed by atoms with Gasteiger partial charge in [0.1, 0.15) is 0 Å². The third kappa shape index (κ3) is 9.25. The molecule has 0 heterocycles. The molecule has 16 heavy (non-hydrogen) atoms. The lowest BCUT2D eigenvalue weighted by molar-refractivity contribution is 0.222. The maximum absolute atomic E-state index is 5.25. The van der Waals surface area contributed by atoms with Gasteiger partial charge >= 0.3 is 7.32 Å². The van der Waals surface area contributed by atoms with E-state index in [1.807, 2.05) is 39.0 Å². The van der Waals surface area contributed by atoms with Crippen molar-refractivity contribution in [2.45, 2.75) is 40.0 Å². The normalized spacial score (nSPS) is 11.4. The van der Waals surface area contributed by atoms with Crippen LogP contribution in [0.3, 0.4) is 0 Å². The summed E-state index contributed by atoms with van der Waals surface area (Å²) in [5, 5.41) is 0. The van der Waals surface area contributed by atoms with E-state index in [0.717, 1.165) is 19.3 Å². The SMILES string of the molecule is CCC=COB(OC=CCC)OC=CCC.